The number of carbonyl (C=O) groups is 1. The first-order valence-electron chi connectivity index (χ1n) is 7.66. The van der Waals surface area contributed by atoms with Crippen molar-refractivity contribution in [3.63, 3.8) is 0 Å². The smallest absolute Gasteiger partial charge is 0.222 e. The number of carbonyl (C=O) groups excluding carboxylic acids is 1. The van der Waals surface area contributed by atoms with Gasteiger partial charge in [0.25, 0.3) is 0 Å². The van der Waals surface area contributed by atoms with Gasteiger partial charge in [-0.3, -0.25) is 9.48 Å². The molecule has 1 aliphatic carbocycles. The SMILES string of the molecule is Cc1cnn(CCC(=O)N[C@H](c2ccc(F)cc2)C2CC2)c1. The molecule has 5 heteroatoms. The molecule has 1 atom stereocenters. The predicted molar refractivity (Wildman–Crippen MR) is 81.6 cm³/mol. The van der Waals surface area contributed by atoms with E-state index < -0.39 is 0 Å². The van der Waals surface area contributed by atoms with E-state index in [1.807, 2.05) is 13.1 Å². The fourth-order valence-electron chi connectivity index (χ4n) is 2.62. The number of rotatable bonds is 6. The van der Waals surface area contributed by atoms with E-state index in [0.717, 1.165) is 24.0 Å². The third-order valence-electron chi connectivity index (χ3n) is 3.97. The number of nitrogens with one attached hydrogen (secondary N) is 1. The maximum Gasteiger partial charge on any atom is 0.222 e. The summed E-state index contributed by atoms with van der Waals surface area (Å²) >= 11 is 0. The summed E-state index contributed by atoms with van der Waals surface area (Å²) in [4.78, 5) is 12.2. The molecule has 1 amide bonds. The normalized spacial score (nSPS) is 15.5. The van der Waals surface area contributed by atoms with E-state index >= 15 is 0 Å². The number of nitrogens with zero attached hydrogens (tertiary/aromatic N) is 2. The molecule has 0 unspecified atom stereocenters. The fraction of sp³-hybridized carbons (Fsp3) is 0.412. The van der Waals surface area contributed by atoms with Gasteiger partial charge in [0.2, 0.25) is 5.91 Å². The molecule has 0 saturated heterocycles. The molecule has 1 aromatic heterocycles. The van der Waals surface area contributed by atoms with Crippen molar-refractivity contribution >= 4 is 5.91 Å². The number of halogens is 1. The summed E-state index contributed by atoms with van der Waals surface area (Å²) in [5.74, 6) is 0.231. The Kier molecular flexibility index (Phi) is 4.22. The Bertz CT molecular complexity index is 646. The molecule has 3 rings (SSSR count). The van der Waals surface area contributed by atoms with Gasteiger partial charge in [-0.1, -0.05) is 12.1 Å². The Morgan fingerprint density at radius 2 is 2.14 bits per heavy atom. The lowest BCUT2D eigenvalue weighted by molar-refractivity contribution is -0.122. The molecule has 0 aliphatic heterocycles. The molecule has 1 heterocycles. The average Bonchev–Trinajstić information content (AvgIpc) is 3.26. The Morgan fingerprint density at radius 1 is 1.41 bits per heavy atom. The number of amides is 1. The van der Waals surface area contributed by atoms with E-state index in [4.69, 9.17) is 0 Å². The molecule has 2 aromatic rings. The van der Waals surface area contributed by atoms with Crippen LogP contribution < -0.4 is 5.32 Å². The van der Waals surface area contributed by atoms with Crippen LogP contribution in [0.1, 0.15) is 36.4 Å². The first kappa shape index (κ1) is 14.8. The molecule has 0 bridgehead atoms. The largest absolute Gasteiger partial charge is 0.349 e. The molecule has 4 nitrogen and oxygen atoms in total. The molecule has 22 heavy (non-hydrogen) atoms. The van der Waals surface area contributed by atoms with Gasteiger partial charge in [0, 0.05) is 19.2 Å². The van der Waals surface area contributed by atoms with Crippen LogP contribution in [0.5, 0.6) is 0 Å². The topological polar surface area (TPSA) is 46.9 Å². The third kappa shape index (κ3) is 3.72. The zero-order valence-electron chi connectivity index (χ0n) is 12.6. The highest BCUT2D eigenvalue weighted by Gasteiger charge is 2.33. The van der Waals surface area contributed by atoms with Crippen LogP contribution in [-0.4, -0.2) is 15.7 Å². The minimum atomic E-state index is -0.251. The molecular formula is C17H20FN3O. The first-order chi connectivity index (χ1) is 10.6. The zero-order chi connectivity index (χ0) is 15.5. The number of aromatic nitrogens is 2. The molecule has 1 fully saturated rings. The second-order valence-corrected chi connectivity index (χ2v) is 5.96. The fourth-order valence-corrected chi connectivity index (χ4v) is 2.62. The van der Waals surface area contributed by atoms with Gasteiger partial charge in [-0.2, -0.15) is 5.10 Å². The standard InChI is InChI=1S/C17H20FN3O/c1-12-10-19-21(11-12)9-8-16(22)20-17(13-2-3-13)14-4-6-15(18)7-5-14/h4-7,10-11,13,17H,2-3,8-9H2,1H3,(H,20,22)/t17-/m0/s1. The second-order valence-electron chi connectivity index (χ2n) is 5.96. The lowest BCUT2D eigenvalue weighted by atomic mass is 10.0. The van der Waals surface area contributed by atoms with Crippen molar-refractivity contribution in [2.24, 2.45) is 5.92 Å². The van der Waals surface area contributed by atoms with Crippen molar-refractivity contribution in [1.82, 2.24) is 15.1 Å². The summed E-state index contributed by atoms with van der Waals surface area (Å²) in [6.45, 7) is 2.54. The predicted octanol–water partition coefficient (Wildman–Crippen LogP) is 2.99. The second kappa shape index (κ2) is 6.30. The Hall–Kier alpha value is -2.17. The first-order valence-corrected chi connectivity index (χ1v) is 7.66. The average molecular weight is 301 g/mol. The number of hydrogen-bond acceptors (Lipinski definition) is 2. The van der Waals surface area contributed by atoms with Crippen LogP contribution in [0.2, 0.25) is 0 Å². The van der Waals surface area contributed by atoms with Crippen molar-refractivity contribution in [2.45, 2.75) is 38.8 Å². The van der Waals surface area contributed by atoms with Crippen LogP contribution in [0, 0.1) is 18.7 Å². The number of hydrogen-bond donors (Lipinski definition) is 1. The Labute approximate surface area is 129 Å². The molecule has 1 N–H and O–H groups in total. The van der Waals surface area contributed by atoms with Gasteiger partial charge >= 0.3 is 0 Å². The van der Waals surface area contributed by atoms with Crippen LogP contribution in [-0.2, 0) is 11.3 Å². The van der Waals surface area contributed by atoms with Crippen molar-refractivity contribution in [3.05, 3.63) is 53.6 Å². The third-order valence-corrected chi connectivity index (χ3v) is 3.97. The summed E-state index contributed by atoms with van der Waals surface area (Å²) in [5.41, 5.74) is 2.06. The quantitative estimate of drug-likeness (QED) is 0.891. The summed E-state index contributed by atoms with van der Waals surface area (Å²) in [6.07, 6.45) is 6.32. The van der Waals surface area contributed by atoms with Crippen LogP contribution in [0.15, 0.2) is 36.7 Å². The monoisotopic (exact) mass is 301 g/mol. The van der Waals surface area contributed by atoms with E-state index in [-0.39, 0.29) is 17.8 Å². The molecule has 0 spiro atoms. The zero-order valence-corrected chi connectivity index (χ0v) is 12.6. The molecule has 1 aromatic carbocycles. The van der Waals surface area contributed by atoms with E-state index in [2.05, 4.69) is 10.4 Å². The Morgan fingerprint density at radius 3 is 2.73 bits per heavy atom. The maximum absolute atomic E-state index is 13.0. The highest BCUT2D eigenvalue weighted by molar-refractivity contribution is 5.76. The van der Waals surface area contributed by atoms with Gasteiger partial charge in [-0.25, -0.2) is 4.39 Å². The van der Waals surface area contributed by atoms with Crippen molar-refractivity contribution in [3.8, 4) is 0 Å². The van der Waals surface area contributed by atoms with Gasteiger partial charge in [0.15, 0.2) is 0 Å². The highest BCUT2D eigenvalue weighted by atomic mass is 19.1. The molecule has 116 valence electrons. The molecular weight excluding hydrogens is 281 g/mol. The minimum Gasteiger partial charge on any atom is -0.349 e. The van der Waals surface area contributed by atoms with Crippen molar-refractivity contribution in [1.29, 1.82) is 0 Å². The van der Waals surface area contributed by atoms with Crippen molar-refractivity contribution in [2.75, 3.05) is 0 Å². The Balaban J connectivity index is 1.59. The van der Waals surface area contributed by atoms with Crippen LogP contribution in [0.25, 0.3) is 0 Å². The summed E-state index contributed by atoms with van der Waals surface area (Å²) in [6, 6.07) is 6.41. The molecule has 0 radical (unpaired) electrons. The van der Waals surface area contributed by atoms with Gasteiger partial charge in [0.1, 0.15) is 5.82 Å². The highest BCUT2D eigenvalue weighted by Crippen LogP contribution is 2.41. The lowest BCUT2D eigenvalue weighted by Gasteiger charge is -2.19. The van der Waals surface area contributed by atoms with E-state index in [1.165, 1.54) is 12.1 Å². The lowest BCUT2D eigenvalue weighted by Crippen LogP contribution is -2.30. The van der Waals surface area contributed by atoms with Gasteiger partial charge in [0.05, 0.1) is 12.2 Å². The van der Waals surface area contributed by atoms with E-state index in [9.17, 15) is 9.18 Å². The minimum absolute atomic E-state index is 0.00698. The van der Waals surface area contributed by atoms with Crippen LogP contribution in [0.3, 0.4) is 0 Å². The van der Waals surface area contributed by atoms with E-state index in [1.54, 1.807) is 23.0 Å². The van der Waals surface area contributed by atoms with E-state index in [0.29, 0.717) is 18.9 Å². The van der Waals surface area contributed by atoms with Crippen LogP contribution in [0.4, 0.5) is 4.39 Å². The van der Waals surface area contributed by atoms with Gasteiger partial charge < -0.3 is 5.32 Å². The summed E-state index contributed by atoms with van der Waals surface area (Å²) in [5, 5.41) is 7.27. The van der Waals surface area contributed by atoms with Crippen LogP contribution >= 0.6 is 0 Å². The molecule has 1 saturated carbocycles. The maximum atomic E-state index is 13.0. The summed E-state index contributed by atoms with van der Waals surface area (Å²) in [7, 11) is 0. The number of aryl methyl sites for hydroxylation is 2. The van der Waals surface area contributed by atoms with Crippen molar-refractivity contribution < 1.29 is 9.18 Å². The summed E-state index contributed by atoms with van der Waals surface area (Å²) < 4.78 is 14.8. The number of benzene rings is 1. The van der Waals surface area contributed by atoms with Gasteiger partial charge in [-0.05, 0) is 48.9 Å². The molecule has 1 aliphatic rings. The van der Waals surface area contributed by atoms with Gasteiger partial charge in [-0.15, -0.1) is 0 Å².